The summed E-state index contributed by atoms with van der Waals surface area (Å²) in [5.41, 5.74) is 1.66. The van der Waals surface area contributed by atoms with Crippen LogP contribution in [0.25, 0.3) is 16.7 Å². The second-order valence-electron chi connectivity index (χ2n) is 4.51. The van der Waals surface area contributed by atoms with E-state index in [1.807, 2.05) is 19.1 Å². The summed E-state index contributed by atoms with van der Waals surface area (Å²) in [5.74, 6) is -1.70. The van der Waals surface area contributed by atoms with Crippen LogP contribution < -0.4 is 0 Å². The Bertz CT molecular complexity index is 695. The highest BCUT2D eigenvalue weighted by atomic mass is 19.2. The van der Waals surface area contributed by atoms with E-state index in [0.29, 0.717) is 11.1 Å². The van der Waals surface area contributed by atoms with Gasteiger partial charge in [0.05, 0.1) is 0 Å². The maximum atomic E-state index is 14.3. The molecule has 2 heteroatoms. The molecule has 0 saturated heterocycles. The van der Waals surface area contributed by atoms with Crippen LogP contribution in [0.15, 0.2) is 73.3 Å². The van der Waals surface area contributed by atoms with E-state index in [4.69, 9.17) is 0 Å². The summed E-state index contributed by atoms with van der Waals surface area (Å²) in [6, 6.07) is 12.1. The number of hydrogen-bond acceptors (Lipinski definition) is 0. The van der Waals surface area contributed by atoms with Crippen molar-refractivity contribution < 1.29 is 8.78 Å². The van der Waals surface area contributed by atoms with Gasteiger partial charge >= 0.3 is 0 Å². The van der Waals surface area contributed by atoms with Gasteiger partial charge in [0.2, 0.25) is 0 Å². The summed E-state index contributed by atoms with van der Waals surface area (Å²) in [5, 5.41) is 0. The first-order chi connectivity index (χ1) is 10.2. The molecule has 2 aromatic carbocycles. The third-order valence-corrected chi connectivity index (χ3v) is 3.17. The Hall–Kier alpha value is -2.48. The zero-order valence-corrected chi connectivity index (χ0v) is 11.8. The van der Waals surface area contributed by atoms with E-state index in [9.17, 15) is 8.78 Å². The number of hydrogen-bond donors (Lipinski definition) is 0. The molecule has 0 heterocycles. The average Bonchev–Trinajstić information content (AvgIpc) is 2.52. The molecule has 0 aliphatic carbocycles. The minimum absolute atomic E-state index is 0.209. The second kappa shape index (κ2) is 6.80. The lowest BCUT2D eigenvalue weighted by Gasteiger charge is -2.09. The van der Waals surface area contributed by atoms with Crippen LogP contribution in [-0.4, -0.2) is 0 Å². The minimum Gasteiger partial charge on any atom is -0.203 e. The van der Waals surface area contributed by atoms with E-state index in [2.05, 4.69) is 6.58 Å². The van der Waals surface area contributed by atoms with Crippen LogP contribution in [0.1, 0.15) is 12.5 Å². The second-order valence-corrected chi connectivity index (χ2v) is 4.51. The summed E-state index contributed by atoms with van der Waals surface area (Å²) in [7, 11) is 0. The molecule has 2 rings (SSSR count). The van der Waals surface area contributed by atoms with Gasteiger partial charge in [0.15, 0.2) is 11.6 Å². The minimum atomic E-state index is -0.855. The number of allylic oxidation sites excluding steroid dienone is 5. The van der Waals surface area contributed by atoms with Crippen LogP contribution in [0, 0.1) is 11.6 Å². The molecule has 0 fully saturated rings. The van der Waals surface area contributed by atoms with Gasteiger partial charge < -0.3 is 0 Å². The Balaban J connectivity index is 2.55. The average molecular weight is 282 g/mol. The molecular weight excluding hydrogens is 266 g/mol. The molecular formula is C19H16F2. The molecule has 0 saturated carbocycles. The van der Waals surface area contributed by atoms with E-state index in [1.165, 1.54) is 6.08 Å². The Morgan fingerprint density at radius 3 is 2.33 bits per heavy atom. The monoisotopic (exact) mass is 282 g/mol. The summed E-state index contributed by atoms with van der Waals surface area (Å²) >= 11 is 0. The van der Waals surface area contributed by atoms with E-state index in [1.54, 1.807) is 48.6 Å². The van der Waals surface area contributed by atoms with Crippen LogP contribution in [0.4, 0.5) is 8.78 Å². The Kier molecular flexibility index (Phi) is 4.83. The zero-order chi connectivity index (χ0) is 15.2. The first-order valence-corrected chi connectivity index (χ1v) is 6.68. The van der Waals surface area contributed by atoms with Crippen molar-refractivity contribution in [2.75, 3.05) is 0 Å². The normalized spacial score (nSPS) is 11.9. The fourth-order valence-electron chi connectivity index (χ4n) is 2.08. The molecule has 0 atom stereocenters. The van der Waals surface area contributed by atoms with Crippen LogP contribution in [0.2, 0.25) is 0 Å². The van der Waals surface area contributed by atoms with Gasteiger partial charge in [-0.15, -0.1) is 0 Å². The van der Waals surface area contributed by atoms with E-state index in [0.717, 1.165) is 0 Å². The van der Waals surface area contributed by atoms with Gasteiger partial charge in [0, 0.05) is 11.1 Å². The molecule has 0 aliphatic heterocycles. The standard InChI is InChI=1S/C19H16F2/c1-3-5-9-14(4-2)16-12-13-17(19(21)18(16)20)15-10-7-6-8-11-15/h3-13H,2H2,1H3/b5-3-,14-9+. The quantitative estimate of drug-likeness (QED) is 0.624. The number of benzene rings is 2. The van der Waals surface area contributed by atoms with Gasteiger partial charge in [-0.25, -0.2) is 8.78 Å². The molecule has 21 heavy (non-hydrogen) atoms. The first-order valence-electron chi connectivity index (χ1n) is 6.68. The van der Waals surface area contributed by atoms with Gasteiger partial charge in [0.25, 0.3) is 0 Å². The van der Waals surface area contributed by atoms with E-state index < -0.39 is 11.6 Å². The predicted molar refractivity (Wildman–Crippen MR) is 84.8 cm³/mol. The van der Waals surface area contributed by atoms with Crippen molar-refractivity contribution in [3.8, 4) is 11.1 Å². The van der Waals surface area contributed by atoms with Crippen LogP contribution in [0.5, 0.6) is 0 Å². The maximum absolute atomic E-state index is 14.3. The maximum Gasteiger partial charge on any atom is 0.167 e. The molecule has 0 amide bonds. The molecule has 0 unspecified atom stereocenters. The Labute approximate surface area is 123 Å². The van der Waals surface area contributed by atoms with Gasteiger partial charge in [-0.1, -0.05) is 73.3 Å². The molecule has 106 valence electrons. The summed E-state index contributed by atoms with van der Waals surface area (Å²) < 4.78 is 28.6. The molecule has 0 aromatic heterocycles. The lowest BCUT2D eigenvalue weighted by atomic mass is 9.98. The van der Waals surface area contributed by atoms with Crippen LogP contribution in [-0.2, 0) is 0 Å². The summed E-state index contributed by atoms with van der Waals surface area (Å²) in [6.45, 7) is 5.50. The van der Waals surface area contributed by atoms with Crippen LogP contribution in [0.3, 0.4) is 0 Å². The van der Waals surface area contributed by atoms with Gasteiger partial charge in [-0.05, 0) is 18.1 Å². The lowest BCUT2D eigenvalue weighted by Crippen LogP contribution is -1.96. The van der Waals surface area contributed by atoms with Crippen molar-refractivity contribution in [2.24, 2.45) is 0 Å². The highest BCUT2D eigenvalue weighted by Crippen LogP contribution is 2.29. The zero-order valence-electron chi connectivity index (χ0n) is 11.8. The molecule has 0 aliphatic rings. The van der Waals surface area contributed by atoms with Crippen LogP contribution >= 0.6 is 0 Å². The van der Waals surface area contributed by atoms with Crippen molar-refractivity contribution in [3.05, 3.63) is 90.5 Å². The molecule has 0 spiro atoms. The van der Waals surface area contributed by atoms with Crippen molar-refractivity contribution in [1.82, 2.24) is 0 Å². The smallest absolute Gasteiger partial charge is 0.167 e. The Morgan fingerprint density at radius 2 is 1.71 bits per heavy atom. The summed E-state index contributed by atoms with van der Waals surface area (Å²) in [6.07, 6.45) is 6.79. The first kappa shape index (κ1) is 14.9. The lowest BCUT2D eigenvalue weighted by molar-refractivity contribution is 0.509. The largest absolute Gasteiger partial charge is 0.203 e. The molecule has 0 radical (unpaired) electrons. The third kappa shape index (κ3) is 3.16. The predicted octanol–water partition coefficient (Wildman–Crippen LogP) is 5.78. The van der Waals surface area contributed by atoms with Gasteiger partial charge in [-0.3, -0.25) is 0 Å². The Morgan fingerprint density at radius 1 is 1.00 bits per heavy atom. The van der Waals surface area contributed by atoms with E-state index >= 15 is 0 Å². The van der Waals surface area contributed by atoms with Gasteiger partial charge in [-0.2, -0.15) is 0 Å². The van der Waals surface area contributed by atoms with Crippen molar-refractivity contribution in [3.63, 3.8) is 0 Å². The highest BCUT2D eigenvalue weighted by molar-refractivity contribution is 5.77. The molecule has 0 bridgehead atoms. The SMILES string of the molecule is C=C/C(=C\C=C/C)c1ccc(-c2ccccc2)c(F)c1F. The molecule has 0 nitrogen and oxygen atoms in total. The summed E-state index contributed by atoms with van der Waals surface area (Å²) in [4.78, 5) is 0. The topological polar surface area (TPSA) is 0 Å². The number of halogens is 2. The van der Waals surface area contributed by atoms with E-state index in [-0.39, 0.29) is 11.1 Å². The van der Waals surface area contributed by atoms with Crippen molar-refractivity contribution >= 4 is 5.57 Å². The van der Waals surface area contributed by atoms with Crippen molar-refractivity contribution in [2.45, 2.75) is 6.92 Å². The number of rotatable bonds is 4. The molecule has 2 aromatic rings. The fraction of sp³-hybridized carbons (Fsp3) is 0.0526. The fourth-order valence-corrected chi connectivity index (χ4v) is 2.08. The third-order valence-electron chi connectivity index (χ3n) is 3.17. The van der Waals surface area contributed by atoms with Gasteiger partial charge in [0.1, 0.15) is 0 Å². The highest BCUT2D eigenvalue weighted by Gasteiger charge is 2.15. The van der Waals surface area contributed by atoms with Crippen molar-refractivity contribution in [1.29, 1.82) is 0 Å². The molecule has 0 N–H and O–H groups in total.